The van der Waals surface area contributed by atoms with Crippen LogP contribution in [-0.4, -0.2) is 9.13 Å². The van der Waals surface area contributed by atoms with E-state index in [1.165, 1.54) is 27.2 Å². The number of aromatic nitrogens is 2. The Labute approximate surface area is 201 Å². The number of benzene rings is 5. The lowest BCUT2D eigenvalue weighted by Crippen LogP contribution is -1.99. The molecule has 8 rings (SSSR count). The number of hydrogen-bond donors (Lipinski definition) is 0. The number of nitrogens with zero attached hydrogens (tertiary/aromatic N) is 2. The fourth-order valence-electron chi connectivity index (χ4n) is 5.65. The summed E-state index contributed by atoms with van der Waals surface area (Å²) in [7, 11) is 2.16. The third-order valence-corrected chi connectivity index (χ3v) is 7.16. The lowest BCUT2D eigenvalue weighted by Gasteiger charge is -2.20. The number of hydrogen-bond acceptors (Lipinski definition) is 2. The molecule has 7 aromatic rings. The lowest BCUT2D eigenvalue weighted by atomic mass is 10.1. The smallest absolute Gasteiger partial charge is 0.172 e. The Balaban J connectivity index is 1.56. The van der Waals surface area contributed by atoms with Crippen LogP contribution in [0.15, 0.2) is 103 Å². The van der Waals surface area contributed by atoms with Crippen LogP contribution in [-0.2, 0) is 7.05 Å². The first-order valence-electron chi connectivity index (χ1n) is 11.8. The molecule has 0 amide bonds. The Morgan fingerprint density at radius 1 is 0.514 bits per heavy atom. The van der Waals surface area contributed by atoms with Crippen LogP contribution in [0.2, 0.25) is 0 Å². The summed E-state index contributed by atoms with van der Waals surface area (Å²) < 4.78 is 17.2. The molecule has 0 N–H and O–H groups in total. The van der Waals surface area contributed by atoms with Gasteiger partial charge in [-0.1, -0.05) is 54.6 Å². The number of fused-ring (bicyclic) bond motifs is 9. The van der Waals surface area contributed by atoms with Gasteiger partial charge in [-0.25, -0.2) is 0 Å². The second kappa shape index (κ2) is 6.67. The molecule has 4 nitrogen and oxygen atoms in total. The fourth-order valence-corrected chi connectivity index (χ4v) is 5.65. The van der Waals surface area contributed by atoms with E-state index in [1.807, 2.05) is 24.3 Å². The van der Waals surface area contributed by atoms with Crippen molar-refractivity contribution in [3.05, 3.63) is 103 Å². The van der Waals surface area contributed by atoms with Gasteiger partial charge >= 0.3 is 0 Å². The van der Waals surface area contributed by atoms with Gasteiger partial charge in [0, 0.05) is 45.9 Å². The average Bonchev–Trinajstić information content (AvgIpc) is 3.38. The molecule has 0 spiro atoms. The highest BCUT2D eigenvalue weighted by Gasteiger charge is 2.24. The molecule has 0 unspecified atom stereocenters. The van der Waals surface area contributed by atoms with E-state index in [0.717, 1.165) is 45.1 Å². The van der Waals surface area contributed by atoms with Crippen molar-refractivity contribution in [2.75, 3.05) is 0 Å². The van der Waals surface area contributed by atoms with Gasteiger partial charge in [0.2, 0.25) is 0 Å². The molecule has 3 heterocycles. The summed E-state index contributed by atoms with van der Waals surface area (Å²) in [5, 5.41) is 4.87. The van der Waals surface area contributed by atoms with Crippen molar-refractivity contribution in [3.63, 3.8) is 0 Å². The fraction of sp³-hybridized carbons (Fsp3) is 0.0323. The molecule has 0 fully saturated rings. The van der Waals surface area contributed by atoms with E-state index in [1.54, 1.807) is 0 Å². The highest BCUT2D eigenvalue weighted by molar-refractivity contribution is 6.25. The quantitative estimate of drug-likeness (QED) is 0.250. The first kappa shape index (κ1) is 18.7. The summed E-state index contributed by atoms with van der Waals surface area (Å²) >= 11 is 0. The van der Waals surface area contributed by atoms with E-state index in [9.17, 15) is 0 Å². The maximum Gasteiger partial charge on any atom is 0.172 e. The van der Waals surface area contributed by atoms with Crippen molar-refractivity contribution in [1.82, 2.24) is 9.13 Å². The summed E-state index contributed by atoms with van der Waals surface area (Å²) in [5.74, 6) is 2.93. The number of ether oxygens (including phenoxy) is 2. The second-order valence-electron chi connectivity index (χ2n) is 9.07. The molecule has 35 heavy (non-hydrogen) atoms. The molecule has 5 aromatic carbocycles. The van der Waals surface area contributed by atoms with Crippen LogP contribution in [0.25, 0.3) is 49.3 Å². The van der Waals surface area contributed by atoms with Crippen LogP contribution in [0.1, 0.15) is 0 Å². The second-order valence-corrected chi connectivity index (χ2v) is 9.07. The molecule has 1 aliphatic rings. The van der Waals surface area contributed by atoms with E-state index < -0.39 is 0 Å². The van der Waals surface area contributed by atoms with Crippen molar-refractivity contribution in [1.29, 1.82) is 0 Å². The van der Waals surface area contributed by atoms with E-state index >= 15 is 0 Å². The van der Waals surface area contributed by atoms with Gasteiger partial charge < -0.3 is 18.6 Å². The molecule has 0 saturated heterocycles. The Kier molecular flexibility index (Phi) is 3.56. The minimum atomic E-state index is 0.726. The molecular formula is C31H20N2O2. The number of aryl methyl sites for hydroxylation is 1. The first-order valence-corrected chi connectivity index (χ1v) is 11.8. The SMILES string of the molecule is Cn1c2ccccc2c2ccc3c(c4cc5c(cc4n3-c3ccccc3)Oc3ccccc3O5)c21. The van der Waals surface area contributed by atoms with E-state index in [0.29, 0.717) is 0 Å². The summed E-state index contributed by atoms with van der Waals surface area (Å²) in [6, 6.07) is 35.7. The van der Waals surface area contributed by atoms with E-state index in [4.69, 9.17) is 9.47 Å². The third-order valence-electron chi connectivity index (χ3n) is 7.16. The van der Waals surface area contributed by atoms with Crippen LogP contribution in [0.4, 0.5) is 0 Å². The van der Waals surface area contributed by atoms with Crippen molar-refractivity contribution >= 4 is 43.6 Å². The number of para-hydroxylation sites is 4. The predicted molar refractivity (Wildman–Crippen MR) is 141 cm³/mol. The molecule has 0 bridgehead atoms. The van der Waals surface area contributed by atoms with Crippen LogP contribution in [0, 0.1) is 0 Å². The Hall–Kier alpha value is -4.70. The average molecular weight is 453 g/mol. The maximum atomic E-state index is 6.31. The van der Waals surface area contributed by atoms with Crippen molar-refractivity contribution < 1.29 is 9.47 Å². The molecule has 0 aliphatic carbocycles. The minimum absolute atomic E-state index is 0.726. The Morgan fingerprint density at radius 2 is 1.20 bits per heavy atom. The van der Waals surface area contributed by atoms with Gasteiger partial charge in [-0.05, 0) is 42.5 Å². The van der Waals surface area contributed by atoms with Gasteiger partial charge in [-0.15, -0.1) is 0 Å². The zero-order chi connectivity index (χ0) is 23.1. The Morgan fingerprint density at radius 3 is 2.00 bits per heavy atom. The largest absolute Gasteiger partial charge is 0.449 e. The highest BCUT2D eigenvalue weighted by Crippen LogP contribution is 2.49. The van der Waals surface area contributed by atoms with Crippen molar-refractivity contribution in [3.8, 4) is 28.7 Å². The van der Waals surface area contributed by atoms with E-state index in [-0.39, 0.29) is 0 Å². The normalized spacial score (nSPS) is 12.6. The molecular weight excluding hydrogens is 432 g/mol. The van der Waals surface area contributed by atoms with Crippen LogP contribution in [0.5, 0.6) is 23.0 Å². The van der Waals surface area contributed by atoms with Gasteiger partial charge in [-0.3, -0.25) is 0 Å². The minimum Gasteiger partial charge on any atom is -0.449 e. The lowest BCUT2D eigenvalue weighted by molar-refractivity contribution is 0.360. The summed E-state index contributed by atoms with van der Waals surface area (Å²) in [6.07, 6.45) is 0. The third kappa shape index (κ3) is 2.46. The number of rotatable bonds is 1. The Bertz CT molecular complexity index is 1960. The molecule has 166 valence electrons. The maximum absolute atomic E-state index is 6.31. The highest BCUT2D eigenvalue weighted by atomic mass is 16.6. The summed E-state index contributed by atoms with van der Waals surface area (Å²) in [5.41, 5.74) is 5.81. The molecule has 2 aromatic heterocycles. The van der Waals surface area contributed by atoms with Crippen molar-refractivity contribution in [2.24, 2.45) is 7.05 Å². The van der Waals surface area contributed by atoms with Crippen LogP contribution < -0.4 is 9.47 Å². The van der Waals surface area contributed by atoms with Gasteiger partial charge in [-0.2, -0.15) is 0 Å². The van der Waals surface area contributed by atoms with Crippen LogP contribution >= 0.6 is 0 Å². The molecule has 0 radical (unpaired) electrons. The van der Waals surface area contributed by atoms with Crippen LogP contribution in [0.3, 0.4) is 0 Å². The van der Waals surface area contributed by atoms with E-state index in [2.05, 4.69) is 95.0 Å². The standard InChI is InChI=1S/C31H20N2O2/c1-32-23-12-6-5-11-20(23)21-15-16-24-30(31(21)32)22-17-28-29(35-27-14-8-7-13-26(27)34-28)18-25(22)33(24)19-9-3-2-4-10-19/h2-18H,1H3. The summed E-state index contributed by atoms with van der Waals surface area (Å²) in [6.45, 7) is 0. The van der Waals surface area contributed by atoms with Crippen molar-refractivity contribution in [2.45, 2.75) is 0 Å². The predicted octanol–water partition coefficient (Wildman–Crippen LogP) is 8.33. The van der Waals surface area contributed by atoms with Gasteiger partial charge in [0.15, 0.2) is 23.0 Å². The molecule has 1 aliphatic heterocycles. The zero-order valence-corrected chi connectivity index (χ0v) is 19.0. The monoisotopic (exact) mass is 452 g/mol. The zero-order valence-electron chi connectivity index (χ0n) is 19.0. The molecule has 0 saturated carbocycles. The van der Waals surface area contributed by atoms with Gasteiger partial charge in [0.25, 0.3) is 0 Å². The first-order chi connectivity index (χ1) is 17.3. The molecule has 4 heteroatoms. The topological polar surface area (TPSA) is 28.3 Å². The van der Waals surface area contributed by atoms with Gasteiger partial charge in [0.05, 0.1) is 16.6 Å². The van der Waals surface area contributed by atoms with Gasteiger partial charge in [0.1, 0.15) is 0 Å². The molecule has 0 atom stereocenters. The summed E-state index contributed by atoms with van der Waals surface area (Å²) in [4.78, 5) is 0.